The Morgan fingerprint density at radius 2 is 1.83 bits per heavy atom. The van der Waals surface area contributed by atoms with Gasteiger partial charge in [-0.05, 0) is 36.6 Å². The number of carbonyl (C=O) groups excluding carboxylic acids is 1. The van der Waals surface area contributed by atoms with Crippen LogP contribution in [0.5, 0.6) is 0 Å². The third-order valence-electron chi connectivity index (χ3n) is 4.15. The van der Waals surface area contributed by atoms with E-state index in [1.54, 1.807) is 0 Å². The van der Waals surface area contributed by atoms with Crippen molar-refractivity contribution in [2.75, 3.05) is 13.1 Å². The Hall–Kier alpha value is -1.71. The summed E-state index contributed by atoms with van der Waals surface area (Å²) in [5.74, 6) is 0.170. The predicted octanol–water partition coefficient (Wildman–Crippen LogP) is 5.14. The average molecular weight is 358 g/mol. The molecule has 2 aromatic rings. The molecule has 24 heavy (non-hydrogen) atoms. The van der Waals surface area contributed by atoms with E-state index >= 15 is 0 Å². The van der Waals surface area contributed by atoms with Gasteiger partial charge in [0.05, 0.1) is 10.3 Å². The summed E-state index contributed by atoms with van der Waals surface area (Å²) in [5, 5.41) is 0.559. The van der Waals surface area contributed by atoms with E-state index < -0.39 is 0 Å². The van der Waals surface area contributed by atoms with Crippen LogP contribution in [0.4, 0.5) is 0 Å². The van der Waals surface area contributed by atoms with Gasteiger partial charge < -0.3 is 4.90 Å². The van der Waals surface area contributed by atoms with Gasteiger partial charge in [-0.2, -0.15) is 0 Å². The highest BCUT2D eigenvalue weighted by atomic mass is 35.5. The first-order chi connectivity index (χ1) is 11.6. The Balaban J connectivity index is 1.62. The lowest BCUT2D eigenvalue weighted by Gasteiger charge is -2.29. The monoisotopic (exact) mass is 357 g/mol. The van der Waals surface area contributed by atoms with Crippen LogP contribution in [0.3, 0.4) is 0 Å². The maximum Gasteiger partial charge on any atom is 0.236 e. The summed E-state index contributed by atoms with van der Waals surface area (Å²) in [6.07, 6.45) is 3.07. The zero-order chi connectivity index (χ0) is 16.9. The minimum absolute atomic E-state index is 0.142. The lowest BCUT2D eigenvalue weighted by atomic mass is 9.99. The summed E-state index contributed by atoms with van der Waals surface area (Å²) in [6, 6.07) is 18.0. The molecule has 0 spiro atoms. The molecule has 1 heterocycles. The molecule has 124 valence electrons. The molecule has 0 bridgehead atoms. The molecule has 1 unspecified atom stereocenters. The molecule has 2 nitrogen and oxygen atoms in total. The number of nitrogens with zero attached hydrogens (tertiary/aromatic N) is 1. The van der Waals surface area contributed by atoms with Crippen LogP contribution < -0.4 is 0 Å². The van der Waals surface area contributed by atoms with Crippen molar-refractivity contribution in [1.82, 2.24) is 4.90 Å². The van der Waals surface area contributed by atoms with Crippen molar-refractivity contribution < 1.29 is 4.79 Å². The van der Waals surface area contributed by atoms with E-state index in [1.165, 1.54) is 22.9 Å². The molecule has 1 aliphatic heterocycles. The maximum absolute atomic E-state index is 12.7. The molecule has 4 heteroatoms. The Kier molecular flexibility index (Phi) is 5.64. The lowest BCUT2D eigenvalue weighted by Crippen LogP contribution is -2.39. The predicted molar refractivity (Wildman–Crippen MR) is 102 cm³/mol. The Morgan fingerprint density at radius 3 is 2.50 bits per heavy atom. The number of halogens is 1. The van der Waals surface area contributed by atoms with Crippen LogP contribution in [0.1, 0.15) is 18.9 Å². The number of benzene rings is 2. The lowest BCUT2D eigenvalue weighted by molar-refractivity contribution is -0.129. The molecule has 1 amide bonds. The van der Waals surface area contributed by atoms with E-state index in [2.05, 4.69) is 30.3 Å². The highest BCUT2D eigenvalue weighted by Gasteiger charge is 2.24. The van der Waals surface area contributed by atoms with Gasteiger partial charge in [-0.25, -0.2) is 0 Å². The van der Waals surface area contributed by atoms with Gasteiger partial charge in [0.1, 0.15) is 0 Å². The highest BCUT2D eigenvalue weighted by Crippen LogP contribution is 2.31. The van der Waals surface area contributed by atoms with Crippen LogP contribution in [0.15, 0.2) is 65.6 Å². The first-order valence-corrected chi connectivity index (χ1v) is 9.35. The van der Waals surface area contributed by atoms with E-state index in [0.717, 1.165) is 17.9 Å². The minimum Gasteiger partial charge on any atom is -0.338 e. The highest BCUT2D eigenvalue weighted by molar-refractivity contribution is 8.00. The van der Waals surface area contributed by atoms with Crippen LogP contribution in [0.25, 0.3) is 5.57 Å². The molecule has 0 saturated carbocycles. The van der Waals surface area contributed by atoms with Gasteiger partial charge in [0.2, 0.25) is 5.91 Å². The summed E-state index contributed by atoms with van der Waals surface area (Å²) in [7, 11) is 0. The largest absolute Gasteiger partial charge is 0.338 e. The second-order valence-corrected chi connectivity index (χ2v) is 7.61. The van der Waals surface area contributed by atoms with Crippen LogP contribution in [-0.2, 0) is 4.79 Å². The molecule has 3 rings (SSSR count). The molecule has 0 radical (unpaired) electrons. The Bertz CT molecular complexity index is 744. The summed E-state index contributed by atoms with van der Waals surface area (Å²) in [6.45, 7) is 3.40. The molecule has 1 aliphatic rings. The normalized spacial score (nSPS) is 15.8. The quantitative estimate of drug-likeness (QED) is 0.706. The number of hydrogen-bond donors (Lipinski definition) is 0. The minimum atomic E-state index is -0.142. The number of amides is 1. The molecule has 0 fully saturated rings. The van der Waals surface area contributed by atoms with Crippen molar-refractivity contribution in [2.24, 2.45) is 0 Å². The van der Waals surface area contributed by atoms with Crippen molar-refractivity contribution in [3.8, 4) is 0 Å². The smallest absolute Gasteiger partial charge is 0.236 e. The van der Waals surface area contributed by atoms with E-state index in [1.807, 2.05) is 42.2 Å². The summed E-state index contributed by atoms with van der Waals surface area (Å²) in [5.41, 5.74) is 2.58. The van der Waals surface area contributed by atoms with Gasteiger partial charge in [0.25, 0.3) is 0 Å². The first kappa shape index (κ1) is 17.1. The van der Waals surface area contributed by atoms with Gasteiger partial charge in [-0.3, -0.25) is 4.79 Å². The Morgan fingerprint density at radius 1 is 1.12 bits per heavy atom. The van der Waals surface area contributed by atoms with Crippen molar-refractivity contribution in [2.45, 2.75) is 23.5 Å². The van der Waals surface area contributed by atoms with E-state index in [4.69, 9.17) is 11.6 Å². The fraction of sp³-hybridized carbons (Fsp3) is 0.250. The van der Waals surface area contributed by atoms with Crippen LogP contribution in [-0.4, -0.2) is 29.1 Å². The SMILES string of the molecule is CC(Sc1ccccc1Cl)C(=O)N1CC=C(c2ccccc2)CC1. The molecule has 0 aromatic heterocycles. The standard InChI is InChI=1S/C20H20ClNOS/c1-15(24-19-10-6-5-9-18(19)21)20(23)22-13-11-17(12-14-22)16-7-3-2-4-8-16/h2-11,15H,12-14H2,1H3. The second kappa shape index (κ2) is 7.91. The molecular formula is C20H20ClNOS. The van der Waals surface area contributed by atoms with Crippen LogP contribution >= 0.6 is 23.4 Å². The van der Waals surface area contributed by atoms with Gasteiger partial charge in [-0.1, -0.05) is 60.1 Å². The third kappa shape index (κ3) is 4.03. The third-order valence-corrected chi connectivity index (χ3v) is 5.76. The molecule has 0 aliphatic carbocycles. The van der Waals surface area contributed by atoms with Crippen LogP contribution in [0, 0.1) is 0 Å². The van der Waals surface area contributed by atoms with E-state index in [-0.39, 0.29) is 11.2 Å². The number of rotatable bonds is 4. The number of thioether (sulfide) groups is 1. The Labute approximate surface area is 152 Å². The van der Waals surface area contributed by atoms with Gasteiger partial charge in [-0.15, -0.1) is 11.8 Å². The van der Waals surface area contributed by atoms with E-state index in [9.17, 15) is 4.79 Å². The molecule has 0 N–H and O–H groups in total. The molecular weight excluding hydrogens is 338 g/mol. The van der Waals surface area contributed by atoms with Gasteiger partial charge in [0.15, 0.2) is 0 Å². The zero-order valence-corrected chi connectivity index (χ0v) is 15.2. The summed E-state index contributed by atoms with van der Waals surface area (Å²) in [4.78, 5) is 15.6. The van der Waals surface area contributed by atoms with E-state index in [0.29, 0.717) is 11.6 Å². The molecule has 2 aromatic carbocycles. The van der Waals surface area contributed by atoms with Crippen molar-refractivity contribution in [3.05, 3.63) is 71.3 Å². The van der Waals surface area contributed by atoms with Crippen molar-refractivity contribution >= 4 is 34.8 Å². The summed E-state index contributed by atoms with van der Waals surface area (Å²) >= 11 is 7.72. The zero-order valence-electron chi connectivity index (χ0n) is 13.6. The van der Waals surface area contributed by atoms with Crippen molar-refractivity contribution in [1.29, 1.82) is 0 Å². The first-order valence-electron chi connectivity index (χ1n) is 8.09. The number of carbonyl (C=O) groups is 1. The average Bonchev–Trinajstić information content (AvgIpc) is 2.64. The topological polar surface area (TPSA) is 20.3 Å². The van der Waals surface area contributed by atoms with Crippen molar-refractivity contribution in [3.63, 3.8) is 0 Å². The fourth-order valence-corrected chi connectivity index (χ4v) is 4.06. The molecule has 0 saturated heterocycles. The fourth-order valence-electron chi connectivity index (χ4n) is 2.82. The number of hydrogen-bond acceptors (Lipinski definition) is 2. The molecule has 1 atom stereocenters. The van der Waals surface area contributed by atoms with Crippen LogP contribution in [0.2, 0.25) is 5.02 Å². The van der Waals surface area contributed by atoms with Gasteiger partial charge >= 0.3 is 0 Å². The maximum atomic E-state index is 12.7. The second-order valence-electron chi connectivity index (χ2n) is 5.82. The van der Waals surface area contributed by atoms with Gasteiger partial charge in [0, 0.05) is 18.0 Å². The summed E-state index contributed by atoms with van der Waals surface area (Å²) < 4.78 is 0.